The van der Waals surface area contributed by atoms with E-state index in [0.29, 0.717) is 18.1 Å². The van der Waals surface area contributed by atoms with Crippen LogP contribution in [0.1, 0.15) is 46.5 Å². The Hall–Kier alpha value is -0.120. The first kappa shape index (κ1) is 13.3. The summed E-state index contributed by atoms with van der Waals surface area (Å²) >= 11 is 0. The minimum Gasteiger partial charge on any atom is -0.326 e. The van der Waals surface area contributed by atoms with E-state index < -0.39 is 0 Å². The average molecular weight is 239 g/mol. The third kappa shape index (κ3) is 2.83. The van der Waals surface area contributed by atoms with Crippen molar-refractivity contribution in [3.05, 3.63) is 0 Å². The highest BCUT2D eigenvalue weighted by molar-refractivity contribution is 4.93. The summed E-state index contributed by atoms with van der Waals surface area (Å²) in [5.41, 5.74) is 6.22. The zero-order valence-electron chi connectivity index (χ0n) is 11.7. The molecule has 2 fully saturated rings. The van der Waals surface area contributed by atoms with Crippen LogP contribution in [-0.4, -0.2) is 53.6 Å². The van der Waals surface area contributed by atoms with Crippen LogP contribution in [0, 0.1) is 0 Å². The van der Waals surface area contributed by atoms with Crippen molar-refractivity contribution in [2.75, 3.05) is 19.6 Å². The second kappa shape index (κ2) is 5.68. The topological polar surface area (TPSA) is 32.5 Å². The Morgan fingerprint density at radius 2 is 2.06 bits per heavy atom. The van der Waals surface area contributed by atoms with Crippen molar-refractivity contribution in [2.45, 2.75) is 70.6 Å². The number of nitrogens with two attached hydrogens (primary N) is 1. The van der Waals surface area contributed by atoms with E-state index in [9.17, 15) is 0 Å². The fraction of sp³-hybridized carbons (Fsp3) is 1.00. The van der Waals surface area contributed by atoms with E-state index in [0.717, 1.165) is 12.5 Å². The molecule has 0 spiro atoms. The second-order valence-electron chi connectivity index (χ2n) is 6.00. The molecule has 2 aliphatic rings. The third-order valence-corrected chi connectivity index (χ3v) is 4.85. The Labute approximate surface area is 106 Å². The number of piperazine rings is 1. The highest BCUT2D eigenvalue weighted by atomic mass is 15.3. The summed E-state index contributed by atoms with van der Waals surface area (Å²) < 4.78 is 0. The van der Waals surface area contributed by atoms with E-state index in [1.165, 1.54) is 38.9 Å². The van der Waals surface area contributed by atoms with Gasteiger partial charge in [-0.05, 0) is 39.7 Å². The van der Waals surface area contributed by atoms with E-state index in [-0.39, 0.29) is 0 Å². The molecule has 2 heterocycles. The molecule has 4 unspecified atom stereocenters. The number of nitrogens with zero attached hydrogens (tertiary/aromatic N) is 2. The number of rotatable bonds is 3. The van der Waals surface area contributed by atoms with Gasteiger partial charge < -0.3 is 5.73 Å². The SMILES string of the molecule is CCC(N)C(C)N1CC2CCCCN2CC1C. The molecule has 4 atom stereocenters. The molecule has 0 radical (unpaired) electrons. The number of piperidine rings is 1. The molecule has 0 bridgehead atoms. The Kier molecular flexibility index (Phi) is 4.45. The quantitative estimate of drug-likeness (QED) is 0.813. The molecule has 3 heteroatoms. The van der Waals surface area contributed by atoms with Crippen LogP contribution in [0.4, 0.5) is 0 Å². The fourth-order valence-electron chi connectivity index (χ4n) is 3.53. The Morgan fingerprint density at radius 1 is 1.29 bits per heavy atom. The number of hydrogen-bond donors (Lipinski definition) is 1. The standard InChI is InChI=1S/C14H29N3/c1-4-14(15)12(3)17-10-13-7-5-6-8-16(13)9-11(17)2/h11-14H,4-10,15H2,1-3H3. The zero-order valence-corrected chi connectivity index (χ0v) is 11.7. The lowest BCUT2D eigenvalue weighted by Gasteiger charge is -2.50. The minimum atomic E-state index is 0.326. The summed E-state index contributed by atoms with van der Waals surface area (Å²) in [6, 6.07) is 2.31. The molecular weight excluding hydrogens is 210 g/mol. The maximum atomic E-state index is 6.22. The maximum Gasteiger partial charge on any atom is 0.0224 e. The van der Waals surface area contributed by atoms with Gasteiger partial charge in [-0.15, -0.1) is 0 Å². The molecule has 0 aliphatic carbocycles. The van der Waals surface area contributed by atoms with Crippen molar-refractivity contribution in [3.63, 3.8) is 0 Å². The van der Waals surface area contributed by atoms with Crippen molar-refractivity contribution in [2.24, 2.45) is 5.73 Å². The average Bonchev–Trinajstić information content (AvgIpc) is 2.36. The first-order valence-electron chi connectivity index (χ1n) is 7.38. The van der Waals surface area contributed by atoms with Crippen LogP contribution in [0.25, 0.3) is 0 Å². The number of hydrogen-bond acceptors (Lipinski definition) is 3. The van der Waals surface area contributed by atoms with Crippen molar-refractivity contribution < 1.29 is 0 Å². The van der Waals surface area contributed by atoms with Crippen LogP contribution < -0.4 is 5.73 Å². The van der Waals surface area contributed by atoms with Crippen LogP contribution >= 0.6 is 0 Å². The van der Waals surface area contributed by atoms with E-state index in [1.807, 2.05) is 0 Å². The van der Waals surface area contributed by atoms with Gasteiger partial charge >= 0.3 is 0 Å². The molecular formula is C14H29N3. The summed E-state index contributed by atoms with van der Waals surface area (Å²) in [5.74, 6) is 0. The molecule has 17 heavy (non-hydrogen) atoms. The largest absolute Gasteiger partial charge is 0.326 e. The van der Waals surface area contributed by atoms with Crippen molar-refractivity contribution >= 4 is 0 Å². The van der Waals surface area contributed by atoms with Crippen molar-refractivity contribution in [3.8, 4) is 0 Å². The van der Waals surface area contributed by atoms with E-state index in [4.69, 9.17) is 5.73 Å². The molecule has 0 aromatic heterocycles. The van der Waals surface area contributed by atoms with E-state index in [1.54, 1.807) is 0 Å². The lowest BCUT2D eigenvalue weighted by molar-refractivity contribution is -0.00943. The minimum absolute atomic E-state index is 0.326. The normalized spacial score (nSPS) is 35.3. The summed E-state index contributed by atoms with van der Waals surface area (Å²) in [4.78, 5) is 5.36. The first-order chi connectivity index (χ1) is 8.13. The molecule has 2 N–H and O–H groups in total. The zero-order chi connectivity index (χ0) is 12.4. The smallest absolute Gasteiger partial charge is 0.0224 e. The molecule has 2 saturated heterocycles. The van der Waals surface area contributed by atoms with Gasteiger partial charge in [0, 0.05) is 37.3 Å². The highest BCUT2D eigenvalue weighted by Gasteiger charge is 2.35. The summed E-state index contributed by atoms with van der Waals surface area (Å²) in [5, 5.41) is 0. The van der Waals surface area contributed by atoms with E-state index >= 15 is 0 Å². The summed E-state index contributed by atoms with van der Waals surface area (Å²) in [7, 11) is 0. The van der Waals surface area contributed by atoms with Crippen LogP contribution in [-0.2, 0) is 0 Å². The molecule has 0 aromatic carbocycles. The predicted octanol–water partition coefficient (Wildman–Crippen LogP) is 1.67. The van der Waals surface area contributed by atoms with Gasteiger partial charge in [0.2, 0.25) is 0 Å². The van der Waals surface area contributed by atoms with Crippen LogP contribution in [0.2, 0.25) is 0 Å². The van der Waals surface area contributed by atoms with Gasteiger partial charge in [-0.1, -0.05) is 13.3 Å². The maximum absolute atomic E-state index is 6.22. The van der Waals surface area contributed by atoms with Gasteiger partial charge in [0.25, 0.3) is 0 Å². The third-order valence-electron chi connectivity index (χ3n) is 4.85. The Bertz CT molecular complexity index is 244. The van der Waals surface area contributed by atoms with Crippen LogP contribution in [0.5, 0.6) is 0 Å². The summed E-state index contributed by atoms with van der Waals surface area (Å²) in [6.45, 7) is 10.7. The van der Waals surface area contributed by atoms with Crippen LogP contribution in [0.3, 0.4) is 0 Å². The van der Waals surface area contributed by atoms with Crippen molar-refractivity contribution in [1.82, 2.24) is 9.80 Å². The molecule has 0 saturated carbocycles. The Balaban J connectivity index is 1.98. The monoisotopic (exact) mass is 239 g/mol. The van der Waals surface area contributed by atoms with Gasteiger partial charge in [-0.3, -0.25) is 9.80 Å². The summed E-state index contributed by atoms with van der Waals surface area (Å²) in [6.07, 6.45) is 5.28. The lowest BCUT2D eigenvalue weighted by Crippen LogP contribution is -2.63. The first-order valence-corrected chi connectivity index (χ1v) is 7.38. The molecule has 0 amide bonds. The van der Waals surface area contributed by atoms with E-state index in [2.05, 4.69) is 30.6 Å². The Morgan fingerprint density at radius 3 is 2.76 bits per heavy atom. The molecule has 2 rings (SSSR count). The van der Waals surface area contributed by atoms with Gasteiger partial charge in [0.1, 0.15) is 0 Å². The highest BCUT2D eigenvalue weighted by Crippen LogP contribution is 2.26. The molecule has 0 aromatic rings. The van der Waals surface area contributed by atoms with Gasteiger partial charge in [0.15, 0.2) is 0 Å². The van der Waals surface area contributed by atoms with Gasteiger partial charge in [0.05, 0.1) is 0 Å². The second-order valence-corrected chi connectivity index (χ2v) is 6.00. The molecule has 100 valence electrons. The van der Waals surface area contributed by atoms with Gasteiger partial charge in [-0.25, -0.2) is 0 Å². The van der Waals surface area contributed by atoms with Crippen LogP contribution in [0.15, 0.2) is 0 Å². The van der Waals surface area contributed by atoms with Crippen molar-refractivity contribution in [1.29, 1.82) is 0 Å². The molecule has 2 aliphatic heterocycles. The number of fused-ring (bicyclic) bond motifs is 1. The van der Waals surface area contributed by atoms with Gasteiger partial charge in [-0.2, -0.15) is 0 Å². The predicted molar refractivity (Wildman–Crippen MR) is 73.1 cm³/mol. The molecule has 3 nitrogen and oxygen atoms in total. The fourth-order valence-corrected chi connectivity index (χ4v) is 3.53. The lowest BCUT2D eigenvalue weighted by atomic mass is 9.94.